The van der Waals surface area contributed by atoms with E-state index in [9.17, 15) is 13.2 Å². The molecule has 22 heavy (non-hydrogen) atoms. The summed E-state index contributed by atoms with van der Waals surface area (Å²) in [6.45, 7) is 1.97. The van der Waals surface area contributed by atoms with Crippen LogP contribution in [-0.2, 0) is 10.0 Å². The van der Waals surface area contributed by atoms with E-state index in [1.54, 1.807) is 24.3 Å². The van der Waals surface area contributed by atoms with Crippen LogP contribution in [0.25, 0.3) is 6.08 Å². The highest BCUT2D eigenvalue weighted by molar-refractivity contribution is 7.92. The van der Waals surface area contributed by atoms with Gasteiger partial charge in [-0.25, -0.2) is 8.42 Å². The lowest BCUT2D eigenvalue weighted by Crippen LogP contribution is -2.10. The number of allylic oxidation sites excluding steroid dienone is 1. The third-order valence-electron chi connectivity index (χ3n) is 3.05. The quantitative estimate of drug-likeness (QED) is 0.680. The van der Waals surface area contributed by atoms with Crippen molar-refractivity contribution in [3.63, 3.8) is 0 Å². The third kappa shape index (κ3) is 4.56. The van der Waals surface area contributed by atoms with E-state index in [4.69, 9.17) is 0 Å². The van der Waals surface area contributed by atoms with Gasteiger partial charge in [0.2, 0.25) is 10.0 Å². The van der Waals surface area contributed by atoms with Gasteiger partial charge in [0, 0.05) is 11.3 Å². The van der Waals surface area contributed by atoms with Crippen molar-refractivity contribution in [3.8, 4) is 0 Å². The van der Waals surface area contributed by atoms with Crippen LogP contribution in [0, 0.1) is 6.92 Å². The molecule has 0 atom stereocenters. The van der Waals surface area contributed by atoms with Crippen LogP contribution in [0.15, 0.2) is 54.6 Å². The maximum absolute atomic E-state index is 12.2. The van der Waals surface area contributed by atoms with E-state index < -0.39 is 10.0 Å². The van der Waals surface area contributed by atoms with Crippen LogP contribution in [-0.4, -0.2) is 20.5 Å². The molecule has 1 N–H and O–H groups in total. The molecule has 114 valence electrons. The first kappa shape index (κ1) is 16.0. The molecule has 0 saturated heterocycles. The molecule has 0 amide bonds. The number of hydrogen-bond donors (Lipinski definition) is 1. The molecule has 0 aliphatic carbocycles. The Morgan fingerprint density at radius 3 is 2.50 bits per heavy atom. The molecule has 0 aliphatic rings. The second-order valence-electron chi connectivity index (χ2n) is 5.01. The summed E-state index contributed by atoms with van der Waals surface area (Å²) in [5, 5.41) is 0. The second-order valence-corrected chi connectivity index (χ2v) is 6.76. The molecule has 0 aliphatic heterocycles. The van der Waals surface area contributed by atoms with Crippen LogP contribution in [0.2, 0.25) is 0 Å². The minimum Gasteiger partial charge on any atom is -0.289 e. The Labute approximate surface area is 130 Å². The van der Waals surface area contributed by atoms with Crippen LogP contribution in [0.3, 0.4) is 0 Å². The van der Waals surface area contributed by atoms with Crippen molar-refractivity contribution in [2.24, 2.45) is 0 Å². The van der Waals surface area contributed by atoms with Crippen molar-refractivity contribution >= 4 is 27.6 Å². The van der Waals surface area contributed by atoms with E-state index in [0.717, 1.165) is 17.4 Å². The zero-order valence-electron chi connectivity index (χ0n) is 12.4. The predicted octanol–water partition coefficient (Wildman–Crippen LogP) is 3.26. The number of ketones is 1. The molecule has 0 fully saturated rings. The Balaban J connectivity index is 2.20. The minimum atomic E-state index is -3.36. The average Bonchev–Trinajstić information content (AvgIpc) is 2.44. The first-order valence-corrected chi connectivity index (χ1v) is 8.60. The van der Waals surface area contributed by atoms with Crippen molar-refractivity contribution in [3.05, 3.63) is 71.3 Å². The largest absolute Gasteiger partial charge is 0.289 e. The van der Waals surface area contributed by atoms with Crippen molar-refractivity contribution in [2.45, 2.75) is 6.92 Å². The van der Waals surface area contributed by atoms with Gasteiger partial charge in [-0.1, -0.05) is 42.5 Å². The number of nitrogens with one attached hydrogen (secondary N) is 1. The second kappa shape index (κ2) is 6.58. The molecule has 4 nitrogen and oxygen atoms in total. The summed E-state index contributed by atoms with van der Waals surface area (Å²) in [6, 6.07) is 14.2. The molecule has 0 aromatic heterocycles. The summed E-state index contributed by atoms with van der Waals surface area (Å²) in [5.74, 6) is -0.180. The van der Waals surface area contributed by atoms with Crippen molar-refractivity contribution < 1.29 is 13.2 Å². The Bertz CT molecular complexity index is 823. The van der Waals surface area contributed by atoms with Gasteiger partial charge in [-0.15, -0.1) is 0 Å². The van der Waals surface area contributed by atoms with Gasteiger partial charge in [0.05, 0.1) is 6.26 Å². The number of aryl methyl sites for hydroxylation is 1. The van der Waals surface area contributed by atoms with Gasteiger partial charge in [-0.2, -0.15) is 0 Å². The SMILES string of the molecule is Cc1ccccc1/C=C/C(=O)c1cccc(NS(C)(=O)=O)c1. The number of anilines is 1. The van der Waals surface area contributed by atoms with Crippen LogP contribution < -0.4 is 4.72 Å². The van der Waals surface area contributed by atoms with Gasteiger partial charge >= 0.3 is 0 Å². The fourth-order valence-corrected chi connectivity index (χ4v) is 2.54. The lowest BCUT2D eigenvalue weighted by Gasteiger charge is -2.05. The number of carbonyl (C=O) groups is 1. The molecule has 2 aromatic rings. The summed E-state index contributed by atoms with van der Waals surface area (Å²) < 4.78 is 24.8. The molecule has 0 saturated carbocycles. The van der Waals surface area contributed by atoms with E-state index in [1.807, 2.05) is 31.2 Å². The van der Waals surface area contributed by atoms with Crippen molar-refractivity contribution in [2.75, 3.05) is 11.0 Å². The number of sulfonamides is 1. The normalized spacial score (nSPS) is 11.5. The Hall–Kier alpha value is -2.40. The fourth-order valence-electron chi connectivity index (χ4n) is 1.99. The molecule has 0 radical (unpaired) electrons. The minimum absolute atomic E-state index is 0.180. The summed E-state index contributed by atoms with van der Waals surface area (Å²) in [4.78, 5) is 12.2. The number of benzene rings is 2. The summed E-state index contributed by atoms with van der Waals surface area (Å²) in [7, 11) is -3.36. The highest BCUT2D eigenvalue weighted by atomic mass is 32.2. The molecule has 0 spiro atoms. The monoisotopic (exact) mass is 315 g/mol. The molecule has 2 rings (SSSR count). The summed E-state index contributed by atoms with van der Waals surface area (Å²) in [5.41, 5.74) is 2.86. The summed E-state index contributed by atoms with van der Waals surface area (Å²) in [6.07, 6.45) is 4.32. The van der Waals surface area contributed by atoms with E-state index in [0.29, 0.717) is 11.3 Å². The zero-order valence-corrected chi connectivity index (χ0v) is 13.2. The Morgan fingerprint density at radius 2 is 1.82 bits per heavy atom. The first-order chi connectivity index (χ1) is 10.3. The molecule has 5 heteroatoms. The third-order valence-corrected chi connectivity index (χ3v) is 3.66. The Kier molecular flexibility index (Phi) is 4.78. The maximum atomic E-state index is 12.2. The van der Waals surface area contributed by atoms with Crippen molar-refractivity contribution in [1.29, 1.82) is 0 Å². The number of rotatable bonds is 5. The molecule has 2 aromatic carbocycles. The Morgan fingerprint density at radius 1 is 1.09 bits per heavy atom. The predicted molar refractivity (Wildman–Crippen MR) is 89.5 cm³/mol. The molecular weight excluding hydrogens is 298 g/mol. The smallest absolute Gasteiger partial charge is 0.229 e. The average molecular weight is 315 g/mol. The maximum Gasteiger partial charge on any atom is 0.229 e. The van der Waals surface area contributed by atoms with Gasteiger partial charge in [-0.05, 0) is 36.3 Å². The number of hydrogen-bond acceptors (Lipinski definition) is 3. The first-order valence-electron chi connectivity index (χ1n) is 6.71. The summed E-state index contributed by atoms with van der Waals surface area (Å²) >= 11 is 0. The lowest BCUT2D eigenvalue weighted by atomic mass is 10.1. The van der Waals surface area contributed by atoms with Crippen molar-refractivity contribution in [1.82, 2.24) is 0 Å². The lowest BCUT2D eigenvalue weighted by molar-refractivity contribution is 0.104. The van der Waals surface area contributed by atoms with Gasteiger partial charge in [0.25, 0.3) is 0 Å². The molecule has 0 unspecified atom stereocenters. The topological polar surface area (TPSA) is 63.2 Å². The molecule has 0 heterocycles. The van der Waals surface area contributed by atoms with E-state index in [2.05, 4.69) is 4.72 Å². The van der Waals surface area contributed by atoms with Crippen LogP contribution in [0.4, 0.5) is 5.69 Å². The van der Waals surface area contributed by atoms with E-state index in [1.165, 1.54) is 12.1 Å². The number of carbonyl (C=O) groups excluding carboxylic acids is 1. The highest BCUT2D eigenvalue weighted by Gasteiger charge is 2.06. The standard InChI is InChI=1S/C17H17NO3S/c1-13-6-3-4-7-14(13)10-11-17(19)15-8-5-9-16(12-15)18-22(2,20)21/h3-12,18H,1-2H3/b11-10+. The van der Waals surface area contributed by atoms with Crippen LogP contribution >= 0.6 is 0 Å². The van der Waals surface area contributed by atoms with Gasteiger partial charge in [0.1, 0.15) is 0 Å². The van der Waals surface area contributed by atoms with E-state index >= 15 is 0 Å². The van der Waals surface area contributed by atoms with Gasteiger partial charge in [-0.3, -0.25) is 9.52 Å². The van der Waals surface area contributed by atoms with E-state index in [-0.39, 0.29) is 5.78 Å². The zero-order chi connectivity index (χ0) is 16.2. The molecular formula is C17H17NO3S. The van der Waals surface area contributed by atoms with Gasteiger partial charge < -0.3 is 0 Å². The molecule has 0 bridgehead atoms. The van der Waals surface area contributed by atoms with Crippen LogP contribution in [0.1, 0.15) is 21.5 Å². The fraction of sp³-hybridized carbons (Fsp3) is 0.118. The van der Waals surface area contributed by atoms with Gasteiger partial charge in [0.15, 0.2) is 5.78 Å². The van der Waals surface area contributed by atoms with Crippen LogP contribution in [0.5, 0.6) is 0 Å². The highest BCUT2D eigenvalue weighted by Crippen LogP contribution is 2.14.